The van der Waals surface area contributed by atoms with Gasteiger partial charge in [-0.1, -0.05) is 26.0 Å². The molecule has 0 aliphatic heterocycles. The fourth-order valence-electron chi connectivity index (χ4n) is 2.26. The molecule has 0 saturated carbocycles. The van der Waals surface area contributed by atoms with Gasteiger partial charge in [-0.25, -0.2) is 5.43 Å². The summed E-state index contributed by atoms with van der Waals surface area (Å²) in [6.45, 7) is 4.05. The molecule has 2 aromatic carbocycles. The number of amides is 1. The first-order valence-electron chi connectivity index (χ1n) is 8.42. The van der Waals surface area contributed by atoms with Crippen molar-refractivity contribution in [3.8, 4) is 11.5 Å². The Kier molecular flexibility index (Phi) is 6.87. The number of nitrogens with one attached hydrogen (secondary N) is 1. The first-order chi connectivity index (χ1) is 12.9. The van der Waals surface area contributed by atoms with Crippen molar-refractivity contribution in [1.29, 1.82) is 0 Å². The molecule has 8 heteroatoms. The molecule has 1 amide bonds. The summed E-state index contributed by atoms with van der Waals surface area (Å²) in [7, 11) is 0. The lowest BCUT2D eigenvalue weighted by atomic mass is 9.99. The summed E-state index contributed by atoms with van der Waals surface area (Å²) in [4.78, 5) is 21.8. The Morgan fingerprint density at radius 2 is 2.04 bits per heavy atom. The standard InChI is InChI=1S/C19H21N3O5/c1-3-13(2)15-5-7-16(8-6-15)27-12-19(24)21-20-11-14-4-9-18(23)17(10-14)22(25)26/h4-11,13,23H,3,12H2,1-2H3,(H,21,24)/b20-11+. The Morgan fingerprint density at radius 3 is 2.67 bits per heavy atom. The first-order valence-corrected chi connectivity index (χ1v) is 8.42. The van der Waals surface area contributed by atoms with Gasteiger partial charge >= 0.3 is 5.69 Å². The minimum atomic E-state index is -0.703. The average molecular weight is 371 g/mol. The number of phenols is 1. The lowest BCUT2D eigenvalue weighted by molar-refractivity contribution is -0.385. The monoisotopic (exact) mass is 371 g/mol. The lowest BCUT2D eigenvalue weighted by Crippen LogP contribution is -2.24. The molecule has 1 unspecified atom stereocenters. The van der Waals surface area contributed by atoms with Crippen molar-refractivity contribution in [2.75, 3.05) is 6.61 Å². The molecule has 0 aliphatic rings. The van der Waals surface area contributed by atoms with E-state index in [2.05, 4.69) is 24.4 Å². The molecule has 27 heavy (non-hydrogen) atoms. The van der Waals surface area contributed by atoms with Crippen LogP contribution in [0.15, 0.2) is 47.6 Å². The molecule has 8 nitrogen and oxygen atoms in total. The maximum Gasteiger partial charge on any atom is 0.311 e. The largest absolute Gasteiger partial charge is 0.502 e. The third kappa shape index (κ3) is 5.81. The summed E-state index contributed by atoms with van der Waals surface area (Å²) >= 11 is 0. The molecule has 0 aliphatic carbocycles. The van der Waals surface area contributed by atoms with Crippen molar-refractivity contribution in [2.45, 2.75) is 26.2 Å². The fraction of sp³-hybridized carbons (Fsp3) is 0.263. The Labute approximate surface area is 156 Å². The fourth-order valence-corrected chi connectivity index (χ4v) is 2.26. The number of carbonyl (C=O) groups is 1. The summed E-state index contributed by atoms with van der Waals surface area (Å²) in [5.74, 6) is 0.141. The molecule has 0 saturated heterocycles. The highest BCUT2D eigenvalue weighted by Gasteiger charge is 2.12. The zero-order valence-electron chi connectivity index (χ0n) is 15.1. The van der Waals surface area contributed by atoms with Crippen molar-refractivity contribution >= 4 is 17.8 Å². The van der Waals surface area contributed by atoms with Gasteiger partial charge < -0.3 is 9.84 Å². The van der Waals surface area contributed by atoms with Crippen molar-refractivity contribution in [2.24, 2.45) is 5.10 Å². The molecule has 142 valence electrons. The zero-order chi connectivity index (χ0) is 19.8. The predicted molar refractivity (Wildman–Crippen MR) is 101 cm³/mol. The Balaban J connectivity index is 1.85. The van der Waals surface area contributed by atoms with Crippen LogP contribution in [-0.4, -0.2) is 28.8 Å². The normalized spacial score (nSPS) is 11.9. The van der Waals surface area contributed by atoms with Gasteiger partial charge in [0.05, 0.1) is 11.1 Å². The van der Waals surface area contributed by atoms with Crippen molar-refractivity contribution < 1.29 is 19.6 Å². The number of nitro groups is 1. The SMILES string of the molecule is CCC(C)c1ccc(OCC(=O)N/N=C/c2ccc(O)c([N+](=O)[O-])c2)cc1. The van der Waals surface area contributed by atoms with E-state index >= 15 is 0 Å². The molecule has 1 atom stereocenters. The van der Waals surface area contributed by atoms with Crippen LogP contribution in [0.4, 0.5) is 5.69 Å². The number of aromatic hydroxyl groups is 1. The highest BCUT2D eigenvalue weighted by atomic mass is 16.6. The van der Waals surface area contributed by atoms with E-state index in [1.165, 1.54) is 23.9 Å². The summed E-state index contributed by atoms with van der Waals surface area (Å²) in [5, 5.41) is 23.9. The van der Waals surface area contributed by atoms with Gasteiger partial charge in [-0.3, -0.25) is 14.9 Å². The highest BCUT2D eigenvalue weighted by Crippen LogP contribution is 2.25. The summed E-state index contributed by atoms with van der Waals surface area (Å²) in [6.07, 6.45) is 2.29. The molecule has 2 N–H and O–H groups in total. The summed E-state index contributed by atoms with van der Waals surface area (Å²) in [5.41, 5.74) is 3.41. The van der Waals surface area contributed by atoms with E-state index in [4.69, 9.17) is 4.74 Å². The van der Waals surface area contributed by atoms with Gasteiger partial charge in [0, 0.05) is 11.6 Å². The second-order valence-corrected chi connectivity index (χ2v) is 5.97. The first kappa shape index (κ1) is 19.9. The van der Waals surface area contributed by atoms with E-state index in [0.717, 1.165) is 12.5 Å². The van der Waals surface area contributed by atoms with Crippen LogP contribution in [0.5, 0.6) is 11.5 Å². The molecule has 0 bridgehead atoms. The molecule has 2 aromatic rings. The Hall–Kier alpha value is -3.42. The van der Waals surface area contributed by atoms with Gasteiger partial charge in [0.1, 0.15) is 5.75 Å². The van der Waals surface area contributed by atoms with Crippen molar-refractivity contribution in [3.63, 3.8) is 0 Å². The Bertz CT molecular complexity index is 834. The number of nitrogens with zero attached hydrogens (tertiary/aromatic N) is 2. The number of ether oxygens (including phenoxy) is 1. The molecule has 0 fully saturated rings. The molecule has 2 rings (SSSR count). The average Bonchev–Trinajstić information content (AvgIpc) is 2.67. The van der Waals surface area contributed by atoms with Gasteiger partial charge in [0.25, 0.3) is 5.91 Å². The third-order valence-corrected chi connectivity index (χ3v) is 4.03. The number of carbonyl (C=O) groups excluding carboxylic acids is 1. The number of nitro benzene ring substituents is 1. The predicted octanol–water partition coefficient (Wildman–Crippen LogP) is 3.34. The molecule has 0 aromatic heterocycles. The van der Waals surface area contributed by atoms with E-state index < -0.39 is 22.3 Å². The van der Waals surface area contributed by atoms with E-state index in [1.54, 1.807) is 0 Å². The third-order valence-electron chi connectivity index (χ3n) is 4.03. The maximum absolute atomic E-state index is 11.8. The highest BCUT2D eigenvalue weighted by molar-refractivity contribution is 5.84. The van der Waals surface area contributed by atoms with Crippen LogP contribution in [0, 0.1) is 10.1 Å². The quantitative estimate of drug-likeness (QED) is 0.420. The van der Waals surface area contributed by atoms with E-state index in [1.807, 2.05) is 24.3 Å². The lowest BCUT2D eigenvalue weighted by Gasteiger charge is -2.10. The molecular weight excluding hydrogens is 350 g/mol. The van der Waals surface area contributed by atoms with Crippen LogP contribution in [-0.2, 0) is 4.79 Å². The van der Waals surface area contributed by atoms with Crippen LogP contribution >= 0.6 is 0 Å². The van der Waals surface area contributed by atoms with Crippen LogP contribution in [0.1, 0.15) is 37.3 Å². The summed E-state index contributed by atoms with van der Waals surface area (Å²) in [6, 6.07) is 11.3. The molecule has 0 spiro atoms. The van der Waals surface area contributed by atoms with Crippen LogP contribution in [0.2, 0.25) is 0 Å². The minimum Gasteiger partial charge on any atom is -0.502 e. The van der Waals surface area contributed by atoms with Gasteiger partial charge in [-0.2, -0.15) is 5.10 Å². The number of benzene rings is 2. The number of hydrogen-bond acceptors (Lipinski definition) is 6. The maximum atomic E-state index is 11.8. The van der Waals surface area contributed by atoms with E-state index in [0.29, 0.717) is 17.2 Å². The minimum absolute atomic E-state index is 0.213. The topological polar surface area (TPSA) is 114 Å². The number of phenolic OH excluding ortho intramolecular Hbond substituents is 1. The second-order valence-electron chi connectivity index (χ2n) is 5.97. The van der Waals surface area contributed by atoms with Crippen LogP contribution in [0.3, 0.4) is 0 Å². The van der Waals surface area contributed by atoms with Gasteiger partial charge in [0.15, 0.2) is 12.4 Å². The van der Waals surface area contributed by atoms with E-state index in [9.17, 15) is 20.0 Å². The Morgan fingerprint density at radius 1 is 1.33 bits per heavy atom. The molecular formula is C19H21N3O5. The van der Waals surface area contributed by atoms with E-state index in [-0.39, 0.29) is 6.61 Å². The smallest absolute Gasteiger partial charge is 0.311 e. The second kappa shape index (κ2) is 9.33. The van der Waals surface area contributed by atoms with Gasteiger partial charge in [0.2, 0.25) is 0 Å². The van der Waals surface area contributed by atoms with Crippen molar-refractivity contribution in [1.82, 2.24) is 5.43 Å². The number of hydrazone groups is 1. The molecule has 0 radical (unpaired) electrons. The summed E-state index contributed by atoms with van der Waals surface area (Å²) < 4.78 is 5.40. The van der Waals surface area contributed by atoms with Gasteiger partial charge in [-0.15, -0.1) is 0 Å². The van der Waals surface area contributed by atoms with Crippen molar-refractivity contribution in [3.05, 3.63) is 63.7 Å². The van der Waals surface area contributed by atoms with Crippen LogP contribution in [0.25, 0.3) is 0 Å². The van der Waals surface area contributed by atoms with Crippen LogP contribution < -0.4 is 10.2 Å². The number of hydrogen-bond donors (Lipinski definition) is 2. The molecule has 0 heterocycles. The van der Waals surface area contributed by atoms with Gasteiger partial charge in [-0.05, 0) is 42.2 Å². The number of rotatable bonds is 8. The zero-order valence-corrected chi connectivity index (χ0v) is 15.1.